The number of esters is 1. The van der Waals surface area contributed by atoms with Gasteiger partial charge in [0.05, 0.1) is 29.0 Å². The van der Waals surface area contributed by atoms with Crippen molar-refractivity contribution in [2.45, 2.75) is 6.92 Å². The van der Waals surface area contributed by atoms with Crippen molar-refractivity contribution in [2.75, 3.05) is 26.9 Å². The molecule has 154 valence electrons. The quantitative estimate of drug-likeness (QED) is 0.416. The molecule has 0 aliphatic heterocycles. The Morgan fingerprint density at radius 2 is 1.90 bits per heavy atom. The van der Waals surface area contributed by atoms with Gasteiger partial charge in [-0.15, -0.1) is 11.3 Å². The minimum absolute atomic E-state index is 0.0519. The summed E-state index contributed by atoms with van der Waals surface area (Å²) < 4.78 is 62.9. The predicted octanol–water partition coefficient (Wildman–Crippen LogP) is 4.14. The first-order chi connectivity index (χ1) is 13.9. The summed E-state index contributed by atoms with van der Waals surface area (Å²) >= 11 is 0.766. The van der Waals surface area contributed by atoms with Crippen LogP contribution in [0.2, 0.25) is 0 Å². The highest BCUT2D eigenvalue weighted by Crippen LogP contribution is 2.42. The lowest BCUT2D eigenvalue weighted by atomic mass is 10.0. The molecule has 0 atom stereocenters. The number of hydrogen-bond acceptors (Lipinski definition) is 7. The fourth-order valence-corrected chi connectivity index (χ4v) is 3.67. The third kappa shape index (κ3) is 3.99. The highest BCUT2D eigenvalue weighted by molar-refractivity contribution is 7.17. The summed E-state index contributed by atoms with van der Waals surface area (Å²) in [4.78, 5) is 24.6. The van der Waals surface area contributed by atoms with Crippen molar-refractivity contribution in [1.29, 1.82) is 0 Å². The standard InChI is InChI=1S/C19H15F3O6S/c1-3-26-19(24)16-15(17-14(18(23)28-16)11(22)8-29-17)13-10(21)6-9(20)7-12(13)27-5-4-25-2/h6-8H,3-5H2,1-2H3. The molecular formula is C19H15F3O6S. The van der Waals surface area contributed by atoms with E-state index in [0.29, 0.717) is 6.07 Å². The maximum atomic E-state index is 14.9. The van der Waals surface area contributed by atoms with Crippen LogP contribution in [-0.2, 0) is 9.47 Å². The number of halogens is 3. The zero-order valence-electron chi connectivity index (χ0n) is 15.3. The molecule has 2 aromatic heterocycles. The van der Waals surface area contributed by atoms with Crippen LogP contribution < -0.4 is 10.4 Å². The molecule has 6 nitrogen and oxygen atoms in total. The molecule has 0 spiro atoms. The van der Waals surface area contributed by atoms with Gasteiger partial charge in [0.1, 0.15) is 35.2 Å². The van der Waals surface area contributed by atoms with E-state index in [1.54, 1.807) is 0 Å². The monoisotopic (exact) mass is 428 g/mol. The van der Waals surface area contributed by atoms with Gasteiger partial charge in [0, 0.05) is 24.6 Å². The van der Waals surface area contributed by atoms with Gasteiger partial charge in [0.2, 0.25) is 5.76 Å². The second-order valence-corrected chi connectivity index (χ2v) is 6.58. The van der Waals surface area contributed by atoms with Crippen LogP contribution in [0.25, 0.3) is 21.2 Å². The fourth-order valence-electron chi connectivity index (χ4n) is 2.72. The lowest BCUT2D eigenvalue weighted by Crippen LogP contribution is -2.13. The van der Waals surface area contributed by atoms with Crippen LogP contribution in [0.4, 0.5) is 13.2 Å². The number of fused-ring (bicyclic) bond motifs is 1. The van der Waals surface area contributed by atoms with Crippen molar-refractivity contribution in [3.63, 3.8) is 0 Å². The van der Waals surface area contributed by atoms with Gasteiger partial charge in [-0.2, -0.15) is 0 Å². The molecule has 0 bridgehead atoms. The smallest absolute Gasteiger partial charge is 0.375 e. The number of carbonyl (C=O) groups is 1. The second-order valence-electron chi connectivity index (χ2n) is 5.70. The van der Waals surface area contributed by atoms with Gasteiger partial charge in [-0.25, -0.2) is 22.8 Å². The Kier molecular flexibility index (Phi) is 6.23. The molecule has 2 heterocycles. The minimum atomic E-state index is -1.12. The predicted molar refractivity (Wildman–Crippen MR) is 99.0 cm³/mol. The summed E-state index contributed by atoms with van der Waals surface area (Å²) in [5, 5.41) is 0.567. The Labute approximate surface area is 166 Å². The van der Waals surface area contributed by atoms with E-state index in [4.69, 9.17) is 18.6 Å². The van der Waals surface area contributed by atoms with Crippen LogP contribution in [0.3, 0.4) is 0 Å². The van der Waals surface area contributed by atoms with Crippen molar-refractivity contribution in [2.24, 2.45) is 0 Å². The van der Waals surface area contributed by atoms with E-state index in [-0.39, 0.29) is 41.4 Å². The van der Waals surface area contributed by atoms with Crippen LogP contribution >= 0.6 is 11.3 Å². The van der Waals surface area contributed by atoms with E-state index < -0.39 is 40.2 Å². The second kappa shape index (κ2) is 8.66. The van der Waals surface area contributed by atoms with Gasteiger partial charge >= 0.3 is 11.6 Å². The molecule has 10 heteroatoms. The number of hydrogen-bond donors (Lipinski definition) is 0. The highest BCUT2D eigenvalue weighted by atomic mass is 32.1. The van der Waals surface area contributed by atoms with Gasteiger partial charge in [-0.05, 0) is 6.92 Å². The molecule has 3 aromatic rings. The lowest BCUT2D eigenvalue weighted by Gasteiger charge is -2.15. The number of ether oxygens (including phenoxy) is 3. The van der Waals surface area contributed by atoms with Gasteiger partial charge in [-0.1, -0.05) is 0 Å². The maximum Gasteiger partial charge on any atom is 0.375 e. The van der Waals surface area contributed by atoms with Gasteiger partial charge in [0.25, 0.3) is 0 Å². The zero-order chi connectivity index (χ0) is 21.1. The molecule has 0 aliphatic carbocycles. The molecule has 0 unspecified atom stereocenters. The first-order valence-electron chi connectivity index (χ1n) is 8.41. The van der Waals surface area contributed by atoms with E-state index in [9.17, 15) is 22.8 Å². The number of thiophene rings is 1. The fraction of sp³-hybridized carbons (Fsp3) is 0.263. The largest absolute Gasteiger partial charge is 0.490 e. The van der Waals surface area contributed by atoms with Crippen molar-refractivity contribution in [3.8, 4) is 16.9 Å². The third-order valence-corrected chi connectivity index (χ3v) is 4.84. The molecule has 0 fully saturated rings. The molecule has 0 N–H and O–H groups in total. The van der Waals surface area contributed by atoms with Crippen molar-refractivity contribution in [1.82, 2.24) is 0 Å². The summed E-state index contributed by atoms with van der Waals surface area (Å²) in [6.07, 6.45) is 0. The number of methoxy groups -OCH3 is 1. The first kappa shape index (κ1) is 20.9. The van der Waals surface area contributed by atoms with Crippen LogP contribution in [-0.4, -0.2) is 32.9 Å². The Balaban J connectivity index is 2.37. The molecule has 0 amide bonds. The molecule has 0 saturated carbocycles. The summed E-state index contributed by atoms with van der Waals surface area (Å²) in [6, 6.07) is 1.48. The van der Waals surface area contributed by atoms with Crippen LogP contribution in [0.5, 0.6) is 5.75 Å². The highest BCUT2D eigenvalue weighted by Gasteiger charge is 2.29. The SMILES string of the molecule is CCOC(=O)c1oc(=O)c2c(F)csc2c1-c1c(F)cc(F)cc1OCCOC. The van der Waals surface area contributed by atoms with E-state index in [0.717, 1.165) is 22.8 Å². The van der Waals surface area contributed by atoms with E-state index in [2.05, 4.69) is 0 Å². The molecule has 0 aliphatic rings. The molecule has 0 saturated heterocycles. The average molecular weight is 428 g/mol. The van der Waals surface area contributed by atoms with Crippen LogP contribution in [0.1, 0.15) is 17.5 Å². The first-order valence-corrected chi connectivity index (χ1v) is 9.29. The zero-order valence-corrected chi connectivity index (χ0v) is 16.2. The topological polar surface area (TPSA) is 75.0 Å². The number of carbonyl (C=O) groups excluding carboxylic acids is 1. The van der Waals surface area contributed by atoms with Crippen molar-refractivity contribution >= 4 is 27.4 Å². The summed E-state index contributed by atoms with van der Waals surface area (Å²) in [5.41, 5.74) is -1.73. The summed E-state index contributed by atoms with van der Waals surface area (Å²) in [7, 11) is 1.42. The summed E-state index contributed by atoms with van der Waals surface area (Å²) in [6.45, 7) is 1.54. The minimum Gasteiger partial charge on any atom is -0.490 e. The van der Waals surface area contributed by atoms with Crippen molar-refractivity contribution < 1.29 is 36.6 Å². The normalized spacial score (nSPS) is 11.1. The van der Waals surface area contributed by atoms with E-state index in [1.807, 2.05) is 0 Å². The Hall–Kier alpha value is -2.85. The van der Waals surface area contributed by atoms with Gasteiger partial charge in [-0.3, -0.25) is 0 Å². The van der Waals surface area contributed by atoms with Crippen LogP contribution in [0, 0.1) is 17.5 Å². The van der Waals surface area contributed by atoms with Crippen LogP contribution in [0.15, 0.2) is 26.7 Å². The maximum absolute atomic E-state index is 14.9. The third-order valence-electron chi connectivity index (χ3n) is 3.87. The molecule has 29 heavy (non-hydrogen) atoms. The number of benzene rings is 1. The van der Waals surface area contributed by atoms with E-state index >= 15 is 0 Å². The molecular weight excluding hydrogens is 413 g/mol. The summed E-state index contributed by atoms with van der Waals surface area (Å²) in [5.74, 6) is -4.86. The molecule has 3 rings (SSSR count). The van der Waals surface area contributed by atoms with E-state index in [1.165, 1.54) is 14.0 Å². The molecule has 1 aromatic carbocycles. The Morgan fingerprint density at radius 3 is 2.59 bits per heavy atom. The van der Waals surface area contributed by atoms with Gasteiger partial charge < -0.3 is 18.6 Å². The Bertz CT molecular complexity index is 1120. The number of rotatable bonds is 7. The lowest BCUT2D eigenvalue weighted by molar-refractivity contribution is 0.0487. The Morgan fingerprint density at radius 1 is 1.14 bits per heavy atom. The molecule has 0 radical (unpaired) electrons. The average Bonchev–Trinajstić information content (AvgIpc) is 3.05. The van der Waals surface area contributed by atoms with Gasteiger partial charge in [0.15, 0.2) is 0 Å². The van der Waals surface area contributed by atoms with Crippen molar-refractivity contribution in [3.05, 3.63) is 51.1 Å².